The second-order valence-electron chi connectivity index (χ2n) is 5.56. The number of benzene rings is 1. The normalized spacial score (nSPS) is 12.4. The van der Waals surface area contributed by atoms with Crippen molar-refractivity contribution < 1.29 is 28.2 Å². The maximum Gasteiger partial charge on any atom is 0.333 e. The van der Waals surface area contributed by atoms with Crippen LogP contribution >= 0.6 is 11.6 Å². The number of rotatable bonds is 5. The highest BCUT2D eigenvalue weighted by Gasteiger charge is 2.28. The van der Waals surface area contributed by atoms with Crippen molar-refractivity contribution >= 4 is 35.1 Å². The van der Waals surface area contributed by atoms with Gasteiger partial charge in [-0.2, -0.15) is 0 Å². The third-order valence-corrected chi connectivity index (χ3v) is 3.97. The zero-order chi connectivity index (χ0) is 20.9. The van der Waals surface area contributed by atoms with Crippen molar-refractivity contribution in [2.24, 2.45) is 0 Å². The Morgan fingerprint density at radius 1 is 1.22 bits per heavy atom. The molecule has 1 unspecified atom stereocenters. The Hall–Kier alpha value is -2.85. The molecular formula is C19H19ClFNO5. The molecule has 0 heterocycles. The van der Waals surface area contributed by atoms with Crippen LogP contribution in [0.15, 0.2) is 23.3 Å². The zero-order valence-corrected chi connectivity index (χ0v) is 16.3. The summed E-state index contributed by atoms with van der Waals surface area (Å²) in [5, 5.41) is -0.0766. The minimum Gasteiger partial charge on any atom is -0.476 e. The van der Waals surface area contributed by atoms with Gasteiger partial charge in [0.2, 0.25) is 5.91 Å². The van der Waals surface area contributed by atoms with Gasteiger partial charge in [0.15, 0.2) is 6.10 Å². The lowest BCUT2D eigenvalue weighted by Crippen LogP contribution is -2.37. The van der Waals surface area contributed by atoms with Crippen molar-refractivity contribution in [3.05, 3.63) is 34.1 Å². The SMILES string of the molecule is C#CC(C)Oc1cc(N(C(C)=O)C(=O)/C(C)=C(/C)C(=O)OC)c(F)cc1Cl. The second-order valence-corrected chi connectivity index (χ2v) is 5.97. The van der Waals surface area contributed by atoms with Gasteiger partial charge in [-0.1, -0.05) is 17.5 Å². The monoisotopic (exact) mass is 395 g/mol. The van der Waals surface area contributed by atoms with Crippen LogP contribution in [0.4, 0.5) is 10.1 Å². The fraction of sp³-hybridized carbons (Fsp3) is 0.316. The molecule has 2 amide bonds. The van der Waals surface area contributed by atoms with Gasteiger partial charge in [0, 0.05) is 24.1 Å². The average Bonchev–Trinajstić information content (AvgIpc) is 2.62. The number of anilines is 1. The van der Waals surface area contributed by atoms with Gasteiger partial charge in [-0.05, 0) is 26.8 Å². The van der Waals surface area contributed by atoms with Crippen molar-refractivity contribution in [1.82, 2.24) is 0 Å². The average molecular weight is 396 g/mol. The van der Waals surface area contributed by atoms with Crippen molar-refractivity contribution in [1.29, 1.82) is 0 Å². The second kappa shape index (κ2) is 9.19. The Balaban J connectivity index is 3.51. The smallest absolute Gasteiger partial charge is 0.333 e. The van der Waals surface area contributed by atoms with E-state index in [2.05, 4.69) is 10.7 Å². The molecule has 0 aliphatic rings. The van der Waals surface area contributed by atoms with Crippen molar-refractivity contribution in [2.75, 3.05) is 12.0 Å². The van der Waals surface area contributed by atoms with E-state index in [0.29, 0.717) is 4.90 Å². The molecule has 1 aromatic rings. The molecule has 0 saturated heterocycles. The Morgan fingerprint density at radius 3 is 2.30 bits per heavy atom. The van der Waals surface area contributed by atoms with Gasteiger partial charge in [0.25, 0.3) is 5.91 Å². The zero-order valence-electron chi connectivity index (χ0n) is 15.6. The molecule has 0 fully saturated rings. The fourth-order valence-electron chi connectivity index (χ4n) is 2.06. The van der Waals surface area contributed by atoms with Crippen LogP contribution in [0.3, 0.4) is 0 Å². The van der Waals surface area contributed by atoms with Gasteiger partial charge in [0.1, 0.15) is 11.6 Å². The van der Waals surface area contributed by atoms with E-state index in [1.807, 2.05) is 0 Å². The van der Waals surface area contributed by atoms with Gasteiger partial charge in [-0.25, -0.2) is 14.1 Å². The molecule has 0 aromatic heterocycles. The van der Waals surface area contributed by atoms with Crippen LogP contribution in [-0.4, -0.2) is 31.0 Å². The number of ether oxygens (including phenoxy) is 2. The van der Waals surface area contributed by atoms with E-state index < -0.39 is 29.7 Å². The molecule has 144 valence electrons. The summed E-state index contributed by atoms with van der Waals surface area (Å²) in [5.41, 5.74) is -0.473. The first-order chi connectivity index (χ1) is 12.5. The van der Waals surface area contributed by atoms with E-state index in [-0.39, 0.29) is 27.6 Å². The quantitative estimate of drug-likeness (QED) is 0.434. The van der Waals surface area contributed by atoms with Crippen LogP contribution in [0, 0.1) is 18.2 Å². The summed E-state index contributed by atoms with van der Waals surface area (Å²) >= 11 is 5.95. The van der Waals surface area contributed by atoms with E-state index in [1.165, 1.54) is 13.8 Å². The Kier molecular flexibility index (Phi) is 7.56. The third kappa shape index (κ3) is 5.08. The molecule has 0 N–H and O–H groups in total. The topological polar surface area (TPSA) is 72.9 Å². The predicted molar refractivity (Wildman–Crippen MR) is 98.9 cm³/mol. The number of methoxy groups -OCH3 is 1. The molecular weight excluding hydrogens is 377 g/mol. The molecule has 0 aliphatic heterocycles. The number of carbonyl (C=O) groups is 3. The molecule has 6 nitrogen and oxygen atoms in total. The minimum atomic E-state index is -0.923. The number of esters is 1. The maximum atomic E-state index is 14.5. The number of terminal acetylenes is 1. The van der Waals surface area contributed by atoms with Crippen molar-refractivity contribution in [2.45, 2.75) is 33.8 Å². The molecule has 0 aliphatic carbocycles. The van der Waals surface area contributed by atoms with Gasteiger partial charge >= 0.3 is 5.97 Å². The highest BCUT2D eigenvalue weighted by atomic mass is 35.5. The van der Waals surface area contributed by atoms with Crippen LogP contribution in [-0.2, 0) is 19.1 Å². The van der Waals surface area contributed by atoms with Gasteiger partial charge in [0.05, 0.1) is 17.8 Å². The van der Waals surface area contributed by atoms with Crippen LogP contribution < -0.4 is 9.64 Å². The predicted octanol–water partition coefficient (Wildman–Crippen LogP) is 3.27. The minimum absolute atomic E-state index is 0.00360. The summed E-state index contributed by atoms with van der Waals surface area (Å²) in [4.78, 5) is 37.0. The van der Waals surface area contributed by atoms with Gasteiger partial charge in [-0.3, -0.25) is 9.59 Å². The summed E-state index contributed by atoms with van der Waals surface area (Å²) in [6, 6.07) is 2.01. The summed E-state index contributed by atoms with van der Waals surface area (Å²) in [6.07, 6.45) is 4.57. The van der Waals surface area contributed by atoms with Crippen LogP contribution in [0.1, 0.15) is 27.7 Å². The highest BCUT2D eigenvalue weighted by molar-refractivity contribution is 6.32. The molecule has 27 heavy (non-hydrogen) atoms. The summed E-state index contributed by atoms with van der Waals surface area (Å²) in [6.45, 7) is 5.34. The van der Waals surface area contributed by atoms with Crippen LogP contribution in [0.5, 0.6) is 5.75 Å². The lowest BCUT2D eigenvalue weighted by molar-refractivity contribution is -0.136. The Labute approximate surface area is 161 Å². The first kappa shape index (κ1) is 22.2. The summed E-state index contributed by atoms with van der Waals surface area (Å²) in [7, 11) is 1.15. The Bertz CT molecular complexity index is 856. The van der Waals surface area contributed by atoms with E-state index in [0.717, 1.165) is 26.2 Å². The highest BCUT2D eigenvalue weighted by Crippen LogP contribution is 2.34. The number of nitrogens with zero attached hydrogens (tertiary/aromatic N) is 1. The number of hydrogen-bond acceptors (Lipinski definition) is 5. The van der Waals surface area contributed by atoms with Crippen molar-refractivity contribution in [3.8, 4) is 18.1 Å². The Morgan fingerprint density at radius 2 is 1.81 bits per heavy atom. The number of carbonyl (C=O) groups excluding carboxylic acids is 3. The van der Waals surface area contributed by atoms with E-state index in [1.54, 1.807) is 6.92 Å². The maximum absolute atomic E-state index is 14.5. The number of hydrogen-bond donors (Lipinski definition) is 0. The number of amides is 2. The molecule has 0 spiro atoms. The van der Waals surface area contributed by atoms with E-state index in [4.69, 9.17) is 22.8 Å². The number of halogens is 2. The summed E-state index contributed by atoms with van der Waals surface area (Å²) in [5.74, 6) is -0.998. The molecule has 0 saturated carbocycles. The van der Waals surface area contributed by atoms with Crippen LogP contribution in [0.25, 0.3) is 0 Å². The standard InChI is InChI=1S/C19H19ClFNO5/c1-7-10(2)27-17-9-16(15(21)8-14(17)20)22(13(5)23)18(24)11(3)12(4)19(25)26-6/h1,8-10H,2-6H3/b12-11-. The first-order valence-corrected chi connectivity index (χ1v) is 8.15. The van der Waals surface area contributed by atoms with Crippen LogP contribution in [0.2, 0.25) is 5.02 Å². The van der Waals surface area contributed by atoms with Gasteiger partial charge < -0.3 is 9.47 Å². The van der Waals surface area contributed by atoms with Gasteiger partial charge in [-0.15, -0.1) is 6.42 Å². The summed E-state index contributed by atoms with van der Waals surface area (Å²) < 4.78 is 24.4. The molecule has 8 heteroatoms. The lowest BCUT2D eigenvalue weighted by Gasteiger charge is -2.22. The fourth-order valence-corrected chi connectivity index (χ4v) is 2.26. The molecule has 1 aromatic carbocycles. The van der Waals surface area contributed by atoms with E-state index >= 15 is 0 Å². The number of imide groups is 1. The third-order valence-electron chi connectivity index (χ3n) is 3.67. The lowest BCUT2D eigenvalue weighted by atomic mass is 10.1. The molecule has 1 atom stereocenters. The first-order valence-electron chi connectivity index (χ1n) is 7.77. The van der Waals surface area contributed by atoms with E-state index in [9.17, 15) is 18.8 Å². The molecule has 1 rings (SSSR count). The molecule has 0 bridgehead atoms. The largest absolute Gasteiger partial charge is 0.476 e. The van der Waals surface area contributed by atoms with Crippen molar-refractivity contribution in [3.63, 3.8) is 0 Å². The molecule has 0 radical (unpaired) electrons.